The van der Waals surface area contributed by atoms with Crippen LogP contribution in [-0.4, -0.2) is 12.5 Å². The van der Waals surface area contributed by atoms with Crippen LogP contribution in [0.3, 0.4) is 0 Å². The minimum Gasteiger partial charge on any atom is -0.352 e. The lowest BCUT2D eigenvalue weighted by atomic mass is 10.1. The molecule has 0 bridgehead atoms. The summed E-state index contributed by atoms with van der Waals surface area (Å²) in [6.07, 6.45) is 1.62. The molecule has 0 aliphatic heterocycles. The molecule has 0 saturated carbocycles. The van der Waals surface area contributed by atoms with E-state index < -0.39 is 0 Å². The molecule has 2 aromatic rings. The van der Waals surface area contributed by atoms with Crippen LogP contribution in [0.4, 0.5) is 0 Å². The van der Waals surface area contributed by atoms with Crippen LogP contribution in [0.5, 0.6) is 0 Å². The standard InChI is InChI=1S/C16H14Cl3NO/c17-12-7-8-13(15(19)10-12)16(21)20-9-3-5-11-4-1-2-6-14(11)18/h1-2,4,6-8,10H,3,5,9H2,(H,20,21). The van der Waals surface area contributed by atoms with Gasteiger partial charge in [0.2, 0.25) is 0 Å². The quantitative estimate of drug-likeness (QED) is 0.760. The van der Waals surface area contributed by atoms with Crippen LogP contribution < -0.4 is 5.32 Å². The Morgan fingerprint density at radius 1 is 1.00 bits per heavy atom. The summed E-state index contributed by atoms with van der Waals surface area (Å²) >= 11 is 17.9. The van der Waals surface area contributed by atoms with E-state index in [0.29, 0.717) is 22.2 Å². The van der Waals surface area contributed by atoms with E-state index in [9.17, 15) is 4.79 Å². The third kappa shape index (κ3) is 4.63. The molecular weight excluding hydrogens is 329 g/mol. The SMILES string of the molecule is O=C(NCCCc1ccccc1Cl)c1ccc(Cl)cc1Cl. The van der Waals surface area contributed by atoms with Crippen molar-refractivity contribution in [1.29, 1.82) is 0 Å². The first kappa shape index (κ1) is 16.2. The van der Waals surface area contributed by atoms with E-state index in [2.05, 4.69) is 5.32 Å². The van der Waals surface area contributed by atoms with Gasteiger partial charge in [0.05, 0.1) is 10.6 Å². The maximum absolute atomic E-state index is 12.0. The van der Waals surface area contributed by atoms with Crippen LogP contribution in [0.25, 0.3) is 0 Å². The molecule has 1 N–H and O–H groups in total. The monoisotopic (exact) mass is 341 g/mol. The lowest BCUT2D eigenvalue weighted by molar-refractivity contribution is 0.0953. The molecule has 2 rings (SSSR count). The number of aryl methyl sites for hydroxylation is 1. The molecule has 0 atom stereocenters. The van der Waals surface area contributed by atoms with Gasteiger partial charge < -0.3 is 5.32 Å². The Balaban J connectivity index is 1.83. The number of benzene rings is 2. The highest BCUT2D eigenvalue weighted by molar-refractivity contribution is 6.36. The van der Waals surface area contributed by atoms with Crippen LogP contribution >= 0.6 is 34.8 Å². The highest BCUT2D eigenvalue weighted by Gasteiger charge is 2.10. The van der Waals surface area contributed by atoms with Crippen molar-refractivity contribution in [1.82, 2.24) is 5.32 Å². The average Bonchev–Trinajstić information content (AvgIpc) is 2.45. The van der Waals surface area contributed by atoms with Gasteiger partial charge in [-0.05, 0) is 42.7 Å². The van der Waals surface area contributed by atoms with E-state index in [4.69, 9.17) is 34.8 Å². The number of nitrogens with one attached hydrogen (secondary N) is 1. The summed E-state index contributed by atoms with van der Waals surface area (Å²) in [6, 6.07) is 12.5. The molecule has 2 nitrogen and oxygen atoms in total. The summed E-state index contributed by atoms with van der Waals surface area (Å²) in [5.41, 5.74) is 1.51. The van der Waals surface area contributed by atoms with Crippen molar-refractivity contribution in [3.05, 3.63) is 68.7 Å². The van der Waals surface area contributed by atoms with Gasteiger partial charge in [-0.3, -0.25) is 4.79 Å². The number of halogens is 3. The fraction of sp³-hybridized carbons (Fsp3) is 0.188. The van der Waals surface area contributed by atoms with Gasteiger partial charge in [0.25, 0.3) is 5.91 Å². The van der Waals surface area contributed by atoms with Crippen molar-refractivity contribution in [2.45, 2.75) is 12.8 Å². The molecule has 110 valence electrons. The lowest BCUT2D eigenvalue weighted by Gasteiger charge is -2.08. The van der Waals surface area contributed by atoms with Crippen molar-refractivity contribution in [2.75, 3.05) is 6.54 Å². The first-order chi connectivity index (χ1) is 10.1. The van der Waals surface area contributed by atoms with E-state index in [1.807, 2.05) is 24.3 Å². The molecule has 0 aliphatic rings. The third-order valence-corrected chi connectivity index (χ3v) is 3.96. The second kappa shape index (κ2) is 7.69. The molecule has 0 spiro atoms. The van der Waals surface area contributed by atoms with Crippen molar-refractivity contribution in [2.24, 2.45) is 0 Å². The Morgan fingerprint density at radius 3 is 2.48 bits per heavy atom. The van der Waals surface area contributed by atoms with E-state index in [1.54, 1.807) is 18.2 Å². The maximum Gasteiger partial charge on any atom is 0.252 e. The molecule has 0 saturated heterocycles. The number of carbonyl (C=O) groups is 1. The molecule has 1 amide bonds. The Labute approximate surface area is 139 Å². The highest BCUT2D eigenvalue weighted by Crippen LogP contribution is 2.21. The summed E-state index contributed by atoms with van der Waals surface area (Å²) in [5.74, 6) is -0.198. The van der Waals surface area contributed by atoms with E-state index in [0.717, 1.165) is 23.4 Å². The predicted molar refractivity (Wildman–Crippen MR) is 88.6 cm³/mol. The van der Waals surface area contributed by atoms with Gasteiger partial charge in [-0.2, -0.15) is 0 Å². The second-order valence-electron chi connectivity index (χ2n) is 4.58. The van der Waals surface area contributed by atoms with Crippen LogP contribution in [-0.2, 0) is 6.42 Å². The van der Waals surface area contributed by atoms with E-state index in [1.165, 1.54) is 0 Å². The summed E-state index contributed by atoms with van der Waals surface area (Å²) < 4.78 is 0. The molecular formula is C16H14Cl3NO. The topological polar surface area (TPSA) is 29.1 Å². The predicted octanol–water partition coefficient (Wildman–Crippen LogP) is 5.01. The molecule has 0 heterocycles. The summed E-state index contributed by atoms with van der Waals surface area (Å²) in [4.78, 5) is 12.0. The molecule has 0 aromatic heterocycles. The number of hydrogen-bond donors (Lipinski definition) is 1. The van der Waals surface area contributed by atoms with E-state index in [-0.39, 0.29) is 5.91 Å². The van der Waals surface area contributed by atoms with Gasteiger partial charge in [-0.15, -0.1) is 0 Å². The molecule has 0 unspecified atom stereocenters. The van der Waals surface area contributed by atoms with Gasteiger partial charge in [-0.1, -0.05) is 53.0 Å². The second-order valence-corrected chi connectivity index (χ2v) is 5.83. The average molecular weight is 343 g/mol. The third-order valence-electron chi connectivity index (χ3n) is 3.04. The fourth-order valence-corrected chi connectivity index (χ4v) is 2.68. The first-order valence-corrected chi connectivity index (χ1v) is 7.68. The minimum absolute atomic E-state index is 0.198. The Kier molecular flexibility index (Phi) is 5.92. The van der Waals surface area contributed by atoms with Gasteiger partial charge >= 0.3 is 0 Å². The summed E-state index contributed by atoms with van der Waals surface area (Å²) in [7, 11) is 0. The maximum atomic E-state index is 12.0. The number of rotatable bonds is 5. The normalized spacial score (nSPS) is 10.4. The van der Waals surface area contributed by atoms with Crippen molar-refractivity contribution in [3.8, 4) is 0 Å². The Hall–Kier alpha value is -1.22. The molecule has 21 heavy (non-hydrogen) atoms. The van der Waals surface area contributed by atoms with Crippen LogP contribution in [0.15, 0.2) is 42.5 Å². The first-order valence-electron chi connectivity index (χ1n) is 6.54. The molecule has 5 heteroatoms. The number of hydrogen-bond acceptors (Lipinski definition) is 1. The Morgan fingerprint density at radius 2 is 1.76 bits per heavy atom. The van der Waals surface area contributed by atoms with Crippen LogP contribution in [0.2, 0.25) is 15.1 Å². The minimum atomic E-state index is -0.198. The zero-order chi connectivity index (χ0) is 15.2. The van der Waals surface area contributed by atoms with Gasteiger partial charge in [0, 0.05) is 16.6 Å². The largest absolute Gasteiger partial charge is 0.352 e. The zero-order valence-corrected chi connectivity index (χ0v) is 13.5. The summed E-state index contributed by atoms with van der Waals surface area (Å²) in [6.45, 7) is 0.559. The Bertz CT molecular complexity index is 643. The highest BCUT2D eigenvalue weighted by atomic mass is 35.5. The lowest BCUT2D eigenvalue weighted by Crippen LogP contribution is -2.25. The molecule has 2 aromatic carbocycles. The van der Waals surface area contributed by atoms with Crippen LogP contribution in [0.1, 0.15) is 22.3 Å². The zero-order valence-electron chi connectivity index (χ0n) is 11.2. The van der Waals surface area contributed by atoms with Gasteiger partial charge in [0.1, 0.15) is 0 Å². The molecule has 0 aliphatic carbocycles. The fourth-order valence-electron chi connectivity index (χ4n) is 1.95. The van der Waals surface area contributed by atoms with Crippen molar-refractivity contribution in [3.63, 3.8) is 0 Å². The summed E-state index contributed by atoms with van der Waals surface area (Å²) in [5, 5.41) is 4.46. The number of carbonyl (C=O) groups excluding carboxylic acids is 1. The molecule has 0 radical (unpaired) electrons. The van der Waals surface area contributed by atoms with Crippen LogP contribution in [0, 0.1) is 0 Å². The van der Waals surface area contributed by atoms with Crippen molar-refractivity contribution >= 4 is 40.7 Å². The van der Waals surface area contributed by atoms with Gasteiger partial charge in [0.15, 0.2) is 0 Å². The van der Waals surface area contributed by atoms with E-state index >= 15 is 0 Å². The smallest absolute Gasteiger partial charge is 0.252 e. The molecule has 0 fully saturated rings. The van der Waals surface area contributed by atoms with Crippen molar-refractivity contribution < 1.29 is 4.79 Å². The van der Waals surface area contributed by atoms with Gasteiger partial charge in [-0.25, -0.2) is 0 Å². The number of amides is 1.